The quantitative estimate of drug-likeness (QED) is 0.794. The maximum Gasteiger partial charge on any atom is 0.136 e. The third-order valence-electron chi connectivity index (χ3n) is 3.11. The van der Waals surface area contributed by atoms with E-state index in [1.165, 1.54) is 5.56 Å². The highest BCUT2D eigenvalue weighted by Crippen LogP contribution is 2.25. The Morgan fingerprint density at radius 1 is 1.31 bits per heavy atom. The molecule has 1 aliphatic heterocycles. The maximum absolute atomic E-state index is 11.4. The summed E-state index contributed by atoms with van der Waals surface area (Å²) in [5.41, 5.74) is 2.06. The van der Waals surface area contributed by atoms with E-state index in [2.05, 4.69) is 11.4 Å². The molecule has 2 heterocycles. The summed E-state index contributed by atoms with van der Waals surface area (Å²) < 4.78 is 5.29. The molecule has 1 unspecified atom stereocenters. The molecule has 0 bridgehead atoms. The second-order valence-electron chi connectivity index (χ2n) is 4.22. The van der Waals surface area contributed by atoms with Crippen molar-refractivity contribution >= 4 is 16.8 Å². The van der Waals surface area contributed by atoms with Crippen LogP contribution in [0.1, 0.15) is 24.4 Å². The van der Waals surface area contributed by atoms with Crippen molar-refractivity contribution in [2.45, 2.75) is 18.9 Å². The van der Waals surface area contributed by atoms with Crippen molar-refractivity contribution in [3.8, 4) is 0 Å². The summed E-state index contributed by atoms with van der Waals surface area (Å²) in [6.07, 6.45) is 2.95. The Labute approximate surface area is 93.4 Å². The number of hydrogen-bond donors (Lipinski definition) is 1. The Morgan fingerprint density at radius 2 is 2.25 bits per heavy atom. The van der Waals surface area contributed by atoms with E-state index in [1.807, 2.05) is 18.2 Å². The largest absolute Gasteiger partial charge is 0.464 e. The topological polar surface area (TPSA) is 42.2 Å². The van der Waals surface area contributed by atoms with Gasteiger partial charge in [-0.3, -0.25) is 4.79 Å². The Balaban J connectivity index is 1.95. The number of benzene rings is 1. The Bertz CT molecular complexity index is 529. The van der Waals surface area contributed by atoms with Crippen LogP contribution in [0.15, 0.2) is 34.9 Å². The zero-order chi connectivity index (χ0) is 11.0. The van der Waals surface area contributed by atoms with E-state index in [0.29, 0.717) is 18.6 Å². The van der Waals surface area contributed by atoms with Gasteiger partial charge in [0.15, 0.2) is 0 Å². The zero-order valence-electron chi connectivity index (χ0n) is 8.90. The number of rotatable bonds is 1. The van der Waals surface area contributed by atoms with Gasteiger partial charge in [0.05, 0.1) is 6.26 Å². The molecular weight excluding hydrogens is 202 g/mol. The van der Waals surface area contributed by atoms with Crippen LogP contribution in [0.3, 0.4) is 0 Å². The molecule has 16 heavy (non-hydrogen) atoms. The Morgan fingerprint density at radius 3 is 3.12 bits per heavy atom. The van der Waals surface area contributed by atoms with E-state index < -0.39 is 0 Å². The van der Waals surface area contributed by atoms with Crippen LogP contribution in [0.5, 0.6) is 0 Å². The fourth-order valence-electron chi connectivity index (χ4n) is 2.23. The molecule has 82 valence electrons. The minimum atomic E-state index is 0.167. The van der Waals surface area contributed by atoms with Crippen molar-refractivity contribution in [2.24, 2.45) is 0 Å². The van der Waals surface area contributed by atoms with Gasteiger partial charge in [-0.25, -0.2) is 0 Å². The van der Waals surface area contributed by atoms with Crippen molar-refractivity contribution in [2.75, 3.05) is 6.54 Å². The Kier molecular flexibility index (Phi) is 2.26. The minimum absolute atomic E-state index is 0.167. The molecule has 1 aromatic carbocycles. The summed E-state index contributed by atoms with van der Waals surface area (Å²) in [5, 5.41) is 4.47. The predicted octanol–water partition coefficient (Wildman–Crippen LogP) is 2.43. The van der Waals surface area contributed by atoms with Crippen molar-refractivity contribution < 1.29 is 9.21 Å². The summed E-state index contributed by atoms with van der Waals surface area (Å²) in [6.45, 7) is 0.785. The van der Waals surface area contributed by atoms with E-state index in [0.717, 1.165) is 17.5 Å². The number of Topliss-reactive ketones (excluding diaryl/α,β-unsaturated/α-hetero) is 1. The second kappa shape index (κ2) is 3.76. The first kappa shape index (κ1) is 9.60. The van der Waals surface area contributed by atoms with Gasteiger partial charge in [0.25, 0.3) is 0 Å². The first-order chi connectivity index (χ1) is 7.83. The monoisotopic (exact) mass is 215 g/mol. The molecular formula is C13H13NO2. The Hall–Kier alpha value is -1.61. The molecule has 1 fully saturated rings. The highest BCUT2D eigenvalue weighted by Gasteiger charge is 2.20. The molecule has 0 radical (unpaired) electrons. The van der Waals surface area contributed by atoms with E-state index in [9.17, 15) is 4.79 Å². The van der Waals surface area contributed by atoms with Gasteiger partial charge in [0, 0.05) is 30.8 Å². The van der Waals surface area contributed by atoms with Crippen molar-refractivity contribution in [3.63, 3.8) is 0 Å². The van der Waals surface area contributed by atoms with Crippen LogP contribution in [-0.2, 0) is 4.79 Å². The van der Waals surface area contributed by atoms with Crippen LogP contribution in [0.2, 0.25) is 0 Å². The van der Waals surface area contributed by atoms with Crippen molar-refractivity contribution in [1.82, 2.24) is 5.32 Å². The number of nitrogens with one attached hydrogen (secondary N) is 1. The molecule has 1 aliphatic rings. The lowest BCUT2D eigenvalue weighted by Crippen LogP contribution is -2.31. The molecule has 0 aliphatic carbocycles. The van der Waals surface area contributed by atoms with Crippen molar-refractivity contribution in [1.29, 1.82) is 0 Å². The molecule has 0 saturated carbocycles. The van der Waals surface area contributed by atoms with Crippen LogP contribution in [0.25, 0.3) is 11.0 Å². The number of carbonyl (C=O) groups excluding carboxylic acids is 1. The van der Waals surface area contributed by atoms with Gasteiger partial charge >= 0.3 is 0 Å². The molecule has 2 aromatic rings. The highest BCUT2D eigenvalue weighted by atomic mass is 16.3. The summed E-state index contributed by atoms with van der Waals surface area (Å²) >= 11 is 0. The van der Waals surface area contributed by atoms with Crippen LogP contribution >= 0.6 is 0 Å². The number of furan rings is 1. The van der Waals surface area contributed by atoms with Gasteiger partial charge in [-0.05, 0) is 23.8 Å². The van der Waals surface area contributed by atoms with Crippen LogP contribution in [0, 0.1) is 0 Å². The SMILES string of the molecule is O=C1CCNC(c2ccc3occc3c2)C1. The van der Waals surface area contributed by atoms with E-state index in [1.54, 1.807) is 6.26 Å². The molecule has 1 saturated heterocycles. The summed E-state index contributed by atoms with van der Waals surface area (Å²) in [7, 11) is 0. The first-order valence-electron chi connectivity index (χ1n) is 5.55. The minimum Gasteiger partial charge on any atom is -0.464 e. The number of carbonyl (C=O) groups is 1. The summed E-state index contributed by atoms with van der Waals surface area (Å²) in [6, 6.07) is 8.20. The van der Waals surface area contributed by atoms with Gasteiger partial charge in [-0.1, -0.05) is 6.07 Å². The van der Waals surface area contributed by atoms with Gasteiger partial charge in [0.1, 0.15) is 11.4 Å². The number of ketones is 1. The van der Waals surface area contributed by atoms with E-state index in [4.69, 9.17) is 4.42 Å². The molecule has 0 spiro atoms. The molecule has 3 rings (SSSR count). The van der Waals surface area contributed by atoms with Crippen molar-refractivity contribution in [3.05, 3.63) is 36.1 Å². The second-order valence-corrected chi connectivity index (χ2v) is 4.22. The third kappa shape index (κ3) is 1.63. The first-order valence-corrected chi connectivity index (χ1v) is 5.55. The lowest BCUT2D eigenvalue weighted by molar-refractivity contribution is -0.120. The van der Waals surface area contributed by atoms with Crippen LogP contribution in [-0.4, -0.2) is 12.3 Å². The molecule has 1 atom stereocenters. The standard InChI is InChI=1S/C13H13NO2/c15-11-3-5-14-12(8-11)9-1-2-13-10(7-9)4-6-16-13/h1-2,4,6-7,12,14H,3,5,8H2. The molecule has 0 amide bonds. The molecule has 1 aromatic heterocycles. The molecule has 1 N–H and O–H groups in total. The van der Waals surface area contributed by atoms with Crippen LogP contribution < -0.4 is 5.32 Å². The van der Waals surface area contributed by atoms with Gasteiger partial charge in [-0.2, -0.15) is 0 Å². The zero-order valence-corrected chi connectivity index (χ0v) is 8.90. The molecule has 3 nitrogen and oxygen atoms in total. The normalized spacial score (nSPS) is 21.5. The summed E-state index contributed by atoms with van der Waals surface area (Å²) in [4.78, 5) is 11.4. The van der Waals surface area contributed by atoms with E-state index in [-0.39, 0.29) is 6.04 Å². The number of fused-ring (bicyclic) bond motifs is 1. The van der Waals surface area contributed by atoms with E-state index >= 15 is 0 Å². The third-order valence-corrected chi connectivity index (χ3v) is 3.11. The van der Waals surface area contributed by atoms with Crippen LogP contribution in [0.4, 0.5) is 0 Å². The number of piperidine rings is 1. The molecule has 3 heteroatoms. The summed E-state index contributed by atoms with van der Waals surface area (Å²) in [5.74, 6) is 0.344. The maximum atomic E-state index is 11.4. The fraction of sp³-hybridized carbons (Fsp3) is 0.308. The lowest BCUT2D eigenvalue weighted by atomic mass is 9.96. The lowest BCUT2D eigenvalue weighted by Gasteiger charge is -2.22. The average Bonchev–Trinajstić information content (AvgIpc) is 2.75. The predicted molar refractivity (Wildman–Crippen MR) is 61.2 cm³/mol. The van der Waals surface area contributed by atoms with Gasteiger partial charge in [0.2, 0.25) is 0 Å². The van der Waals surface area contributed by atoms with Gasteiger partial charge < -0.3 is 9.73 Å². The smallest absolute Gasteiger partial charge is 0.136 e. The average molecular weight is 215 g/mol. The fourth-order valence-corrected chi connectivity index (χ4v) is 2.23. The number of hydrogen-bond acceptors (Lipinski definition) is 3. The highest BCUT2D eigenvalue weighted by molar-refractivity contribution is 5.81. The van der Waals surface area contributed by atoms with Gasteiger partial charge in [-0.15, -0.1) is 0 Å².